The number of nitrogens with one attached hydrogen (secondary N) is 1. The minimum atomic E-state index is 0.357. The number of aromatic nitrogens is 2. The summed E-state index contributed by atoms with van der Waals surface area (Å²) < 4.78 is 3.05. The minimum Gasteiger partial charge on any atom is -0.310 e. The van der Waals surface area contributed by atoms with Gasteiger partial charge in [-0.25, -0.2) is 0 Å². The molecule has 2 aromatic rings. The first-order chi connectivity index (χ1) is 8.66. The summed E-state index contributed by atoms with van der Waals surface area (Å²) in [7, 11) is 1.98. The summed E-state index contributed by atoms with van der Waals surface area (Å²) >= 11 is 3.50. The van der Waals surface area contributed by atoms with E-state index >= 15 is 0 Å². The maximum absolute atomic E-state index is 4.17. The van der Waals surface area contributed by atoms with Gasteiger partial charge in [-0.1, -0.05) is 28.1 Å². The zero-order valence-electron chi connectivity index (χ0n) is 10.7. The van der Waals surface area contributed by atoms with Gasteiger partial charge in [0.15, 0.2) is 0 Å². The van der Waals surface area contributed by atoms with Gasteiger partial charge in [-0.2, -0.15) is 5.10 Å². The molecule has 0 aliphatic carbocycles. The number of hydrogen-bond acceptors (Lipinski definition) is 2. The van der Waals surface area contributed by atoms with Crippen molar-refractivity contribution in [1.82, 2.24) is 15.1 Å². The number of halogens is 1. The number of rotatable bonds is 5. The third kappa shape index (κ3) is 3.43. The molecule has 0 saturated heterocycles. The van der Waals surface area contributed by atoms with Crippen LogP contribution < -0.4 is 5.32 Å². The highest BCUT2D eigenvalue weighted by molar-refractivity contribution is 9.10. The van der Waals surface area contributed by atoms with Crippen LogP contribution in [0.2, 0.25) is 0 Å². The molecule has 1 aromatic carbocycles. The molecular weight excluding hydrogens is 290 g/mol. The number of benzene rings is 1. The standard InChI is InChI=1S/C14H18BrN3/c1-11(12-4-3-5-13(15)10-12)16-8-6-14-7-9-17-18(14)2/h3-5,7,9-11,16H,6,8H2,1-2H3/t11-/m1/s1. The summed E-state index contributed by atoms with van der Waals surface area (Å²) in [6.45, 7) is 3.14. The molecular formula is C14H18BrN3. The van der Waals surface area contributed by atoms with Crippen LogP contribution in [-0.4, -0.2) is 16.3 Å². The van der Waals surface area contributed by atoms with Crippen LogP contribution in [0.4, 0.5) is 0 Å². The highest BCUT2D eigenvalue weighted by atomic mass is 79.9. The fourth-order valence-electron chi connectivity index (χ4n) is 1.96. The third-order valence-electron chi connectivity index (χ3n) is 3.10. The average molecular weight is 308 g/mol. The second kappa shape index (κ2) is 6.16. The zero-order valence-corrected chi connectivity index (χ0v) is 12.3. The molecule has 0 fully saturated rings. The van der Waals surface area contributed by atoms with E-state index in [9.17, 15) is 0 Å². The Balaban J connectivity index is 1.85. The Morgan fingerprint density at radius 2 is 2.22 bits per heavy atom. The molecule has 1 N–H and O–H groups in total. The summed E-state index contributed by atoms with van der Waals surface area (Å²) in [4.78, 5) is 0. The molecule has 1 atom stereocenters. The van der Waals surface area contributed by atoms with Crippen molar-refractivity contribution < 1.29 is 0 Å². The van der Waals surface area contributed by atoms with Crippen LogP contribution >= 0.6 is 15.9 Å². The molecule has 1 aromatic heterocycles. The van der Waals surface area contributed by atoms with Crippen molar-refractivity contribution in [3.8, 4) is 0 Å². The van der Waals surface area contributed by atoms with Gasteiger partial charge in [0.2, 0.25) is 0 Å². The van der Waals surface area contributed by atoms with Gasteiger partial charge >= 0.3 is 0 Å². The quantitative estimate of drug-likeness (QED) is 0.920. The van der Waals surface area contributed by atoms with Gasteiger partial charge in [-0.05, 0) is 30.7 Å². The second-order valence-electron chi connectivity index (χ2n) is 4.43. The highest BCUT2D eigenvalue weighted by Crippen LogP contribution is 2.17. The van der Waals surface area contributed by atoms with Crippen LogP contribution in [0.1, 0.15) is 24.2 Å². The molecule has 0 spiro atoms. The monoisotopic (exact) mass is 307 g/mol. The van der Waals surface area contributed by atoms with Gasteiger partial charge in [0.05, 0.1) is 0 Å². The van der Waals surface area contributed by atoms with E-state index in [-0.39, 0.29) is 0 Å². The first kappa shape index (κ1) is 13.3. The van der Waals surface area contributed by atoms with E-state index < -0.39 is 0 Å². The number of hydrogen-bond donors (Lipinski definition) is 1. The maximum atomic E-state index is 4.17. The first-order valence-corrected chi connectivity index (χ1v) is 6.92. The second-order valence-corrected chi connectivity index (χ2v) is 5.34. The summed E-state index contributed by atoms with van der Waals surface area (Å²) in [6.07, 6.45) is 2.84. The zero-order chi connectivity index (χ0) is 13.0. The van der Waals surface area contributed by atoms with E-state index in [4.69, 9.17) is 0 Å². The van der Waals surface area contributed by atoms with Crippen LogP contribution in [0.5, 0.6) is 0 Å². The summed E-state index contributed by atoms with van der Waals surface area (Å²) in [5.74, 6) is 0. The summed E-state index contributed by atoms with van der Waals surface area (Å²) in [5, 5.41) is 7.70. The van der Waals surface area contributed by atoms with Gasteiger partial charge in [0, 0.05) is 42.4 Å². The lowest BCUT2D eigenvalue weighted by molar-refractivity contribution is 0.564. The molecule has 96 valence electrons. The van der Waals surface area contributed by atoms with E-state index in [1.165, 1.54) is 11.3 Å². The summed E-state index contributed by atoms with van der Waals surface area (Å²) in [6, 6.07) is 10.8. The fraction of sp³-hybridized carbons (Fsp3) is 0.357. The Morgan fingerprint density at radius 3 is 2.89 bits per heavy atom. The average Bonchev–Trinajstić information content (AvgIpc) is 2.75. The van der Waals surface area contributed by atoms with Crippen LogP contribution in [0.15, 0.2) is 41.0 Å². The minimum absolute atomic E-state index is 0.357. The van der Waals surface area contributed by atoms with Crippen LogP contribution in [-0.2, 0) is 13.5 Å². The lowest BCUT2D eigenvalue weighted by Gasteiger charge is -2.14. The Labute approximate surface area is 116 Å². The lowest BCUT2D eigenvalue weighted by atomic mass is 10.1. The van der Waals surface area contributed by atoms with Crippen LogP contribution in [0.3, 0.4) is 0 Å². The van der Waals surface area contributed by atoms with Gasteiger partial charge in [-0.15, -0.1) is 0 Å². The van der Waals surface area contributed by atoms with Crippen LogP contribution in [0, 0.1) is 0 Å². The molecule has 3 nitrogen and oxygen atoms in total. The molecule has 0 amide bonds. The molecule has 1 heterocycles. The highest BCUT2D eigenvalue weighted by Gasteiger charge is 2.05. The molecule has 0 aliphatic rings. The Kier molecular flexibility index (Phi) is 4.55. The largest absolute Gasteiger partial charge is 0.310 e. The number of nitrogens with zero attached hydrogens (tertiary/aromatic N) is 2. The fourth-order valence-corrected chi connectivity index (χ4v) is 2.37. The van der Waals surface area contributed by atoms with Crippen molar-refractivity contribution in [3.63, 3.8) is 0 Å². The predicted molar refractivity (Wildman–Crippen MR) is 77.5 cm³/mol. The van der Waals surface area contributed by atoms with Crippen molar-refractivity contribution in [1.29, 1.82) is 0 Å². The Morgan fingerprint density at radius 1 is 1.39 bits per heavy atom. The molecule has 0 aliphatic heterocycles. The Hall–Kier alpha value is -1.13. The predicted octanol–water partition coefficient (Wildman–Crippen LogP) is 3.08. The first-order valence-electron chi connectivity index (χ1n) is 6.12. The molecule has 0 radical (unpaired) electrons. The van der Waals surface area contributed by atoms with Gasteiger partial charge in [-0.3, -0.25) is 4.68 Å². The summed E-state index contributed by atoms with van der Waals surface area (Å²) in [5.41, 5.74) is 2.55. The third-order valence-corrected chi connectivity index (χ3v) is 3.60. The molecule has 0 unspecified atom stereocenters. The van der Waals surface area contributed by atoms with Crippen molar-refractivity contribution >= 4 is 15.9 Å². The molecule has 0 bridgehead atoms. The molecule has 4 heteroatoms. The van der Waals surface area contributed by atoms with E-state index in [2.05, 4.69) is 57.5 Å². The van der Waals surface area contributed by atoms with E-state index in [0.717, 1.165) is 17.4 Å². The van der Waals surface area contributed by atoms with Gasteiger partial charge < -0.3 is 5.32 Å². The molecule has 2 rings (SSSR count). The van der Waals surface area contributed by atoms with Crippen molar-refractivity contribution in [2.24, 2.45) is 7.05 Å². The normalized spacial score (nSPS) is 12.6. The SMILES string of the molecule is C[C@@H](NCCc1ccnn1C)c1cccc(Br)c1. The lowest BCUT2D eigenvalue weighted by Crippen LogP contribution is -2.22. The van der Waals surface area contributed by atoms with Gasteiger partial charge in [0.1, 0.15) is 0 Å². The number of aryl methyl sites for hydroxylation is 1. The van der Waals surface area contributed by atoms with E-state index in [1.54, 1.807) is 0 Å². The van der Waals surface area contributed by atoms with E-state index in [1.807, 2.05) is 24.0 Å². The van der Waals surface area contributed by atoms with Crippen molar-refractivity contribution in [2.45, 2.75) is 19.4 Å². The van der Waals surface area contributed by atoms with Crippen molar-refractivity contribution in [3.05, 3.63) is 52.3 Å². The van der Waals surface area contributed by atoms with E-state index in [0.29, 0.717) is 6.04 Å². The van der Waals surface area contributed by atoms with Gasteiger partial charge in [0.25, 0.3) is 0 Å². The smallest absolute Gasteiger partial charge is 0.0492 e. The maximum Gasteiger partial charge on any atom is 0.0492 e. The van der Waals surface area contributed by atoms with Crippen molar-refractivity contribution in [2.75, 3.05) is 6.54 Å². The molecule has 0 saturated carbocycles. The van der Waals surface area contributed by atoms with Crippen LogP contribution in [0.25, 0.3) is 0 Å². The topological polar surface area (TPSA) is 29.9 Å². The molecule has 18 heavy (non-hydrogen) atoms. The Bertz CT molecular complexity index is 507.